The van der Waals surface area contributed by atoms with Gasteiger partial charge in [0.15, 0.2) is 0 Å². The van der Waals surface area contributed by atoms with E-state index in [-0.39, 0.29) is 5.91 Å². The van der Waals surface area contributed by atoms with Crippen LogP contribution in [0.5, 0.6) is 0 Å². The molecule has 1 atom stereocenters. The summed E-state index contributed by atoms with van der Waals surface area (Å²) in [6.45, 7) is 1.78. The molecule has 2 aromatic rings. The fourth-order valence-corrected chi connectivity index (χ4v) is 2.30. The first-order chi connectivity index (χ1) is 12.1. The minimum Gasteiger partial charge on any atom is -0.453 e. The highest BCUT2D eigenvalue weighted by Gasteiger charge is 2.23. The maximum atomic E-state index is 11.9. The van der Waals surface area contributed by atoms with E-state index in [1.807, 2.05) is 18.2 Å². The van der Waals surface area contributed by atoms with Crippen LogP contribution in [-0.4, -0.2) is 22.9 Å². The lowest BCUT2D eigenvalue weighted by Gasteiger charge is -2.10. The highest BCUT2D eigenvalue weighted by atomic mass is 16.5. The lowest BCUT2D eigenvalue weighted by atomic mass is 10.1. The van der Waals surface area contributed by atoms with Crippen LogP contribution in [0, 0.1) is 0 Å². The molecule has 128 valence electrons. The van der Waals surface area contributed by atoms with Crippen molar-refractivity contribution in [3.63, 3.8) is 0 Å². The Morgan fingerprint density at radius 2 is 1.96 bits per heavy atom. The zero-order chi connectivity index (χ0) is 17.6. The summed E-state index contributed by atoms with van der Waals surface area (Å²) >= 11 is 0. The van der Waals surface area contributed by atoms with E-state index in [1.165, 1.54) is 6.08 Å². The number of esters is 1. The number of nitrogens with one attached hydrogen (secondary N) is 1. The van der Waals surface area contributed by atoms with Gasteiger partial charge in [0.05, 0.1) is 5.69 Å². The third kappa shape index (κ3) is 5.01. The normalized spacial score (nSPS) is 14.9. The summed E-state index contributed by atoms with van der Waals surface area (Å²) in [5.41, 5.74) is 2.15. The van der Waals surface area contributed by atoms with Gasteiger partial charge in [-0.25, -0.2) is 4.79 Å². The van der Waals surface area contributed by atoms with Gasteiger partial charge in [-0.15, -0.1) is 0 Å². The molecule has 1 aromatic carbocycles. The van der Waals surface area contributed by atoms with Gasteiger partial charge in [0.25, 0.3) is 5.91 Å². The molecule has 1 fully saturated rings. The van der Waals surface area contributed by atoms with Crippen LogP contribution in [0.3, 0.4) is 0 Å². The van der Waals surface area contributed by atoms with Gasteiger partial charge in [-0.1, -0.05) is 18.2 Å². The number of nitrogens with zero attached hydrogens (tertiary/aromatic N) is 1. The molecule has 1 unspecified atom stereocenters. The number of aromatic nitrogens is 1. The molecule has 1 saturated carbocycles. The van der Waals surface area contributed by atoms with Crippen molar-refractivity contribution in [2.24, 2.45) is 0 Å². The van der Waals surface area contributed by atoms with E-state index in [4.69, 9.17) is 4.74 Å². The summed E-state index contributed by atoms with van der Waals surface area (Å²) in [4.78, 5) is 28.0. The largest absolute Gasteiger partial charge is 0.453 e. The Balaban J connectivity index is 1.54. The summed E-state index contributed by atoms with van der Waals surface area (Å²) < 4.78 is 5.32. The molecule has 5 nitrogen and oxygen atoms in total. The van der Waals surface area contributed by atoms with Crippen LogP contribution in [0.25, 0.3) is 6.08 Å². The number of amides is 1. The molecule has 1 heterocycles. The average molecular weight is 336 g/mol. The van der Waals surface area contributed by atoms with Crippen molar-refractivity contribution >= 4 is 18.0 Å². The van der Waals surface area contributed by atoms with Crippen LogP contribution < -0.4 is 5.32 Å². The Morgan fingerprint density at radius 3 is 2.60 bits per heavy atom. The smallest absolute Gasteiger partial charge is 0.331 e. The Hall–Kier alpha value is -2.95. The van der Waals surface area contributed by atoms with Crippen molar-refractivity contribution in [1.82, 2.24) is 10.3 Å². The number of ether oxygens (including phenoxy) is 1. The van der Waals surface area contributed by atoms with Crippen LogP contribution in [0.15, 0.2) is 54.7 Å². The van der Waals surface area contributed by atoms with Crippen LogP contribution in [0.2, 0.25) is 0 Å². The molecule has 1 amide bonds. The van der Waals surface area contributed by atoms with Gasteiger partial charge in [0.2, 0.25) is 0 Å². The molecule has 1 N–H and O–H groups in total. The highest BCUT2D eigenvalue weighted by molar-refractivity contribution is 5.95. The van der Waals surface area contributed by atoms with Gasteiger partial charge in [-0.2, -0.15) is 0 Å². The maximum Gasteiger partial charge on any atom is 0.331 e. The molecule has 25 heavy (non-hydrogen) atoms. The van der Waals surface area contributed by atoms with Crippen LogP contribution in [0.4, 0.5) is 0 Å². The predicted molar refractivity (Wildman–Crippen MR) is 94.7 cm³/mol. The number of rotatable bonds is 6. The summed E-state index contributed by atoms with van der Waals surface area (Å²) in [5, 5.41) is 2.94. The van der Waals surface area contributed by atoms with Gasteiger partial charge in [-0.05, 0) is 55.7 Å². The zero-order valence-corrected chi connectivity index (χ0v) is 14.0. The van der Waals surface area contributed by atoms with E-state index in [1.54, 1.807) is 43.5 Å². The standard InChI is InChI=1S/C20H20N2O3/c1-14(18-4-2-3-13-21-18)25-19(23)12-7-15-5-8-16(9-6-15)20(24)22-17-10-11-17/h2-9,12-14,17H,10-11H2,1H3,(H,22,24)/b12-7+. The second-order valence-corrected chi connectivity index (χ2v) is 6.04. The second-order valence-electron chi connectivity index (χ2n) is 6.04. The molecule has 0 radical (unpaired) electrons. The number of benzene rings is 1. The molecule has 0 saturated heterocycles. The van der Waals surface area contributed by atoms with Crippen molar-refractivity contribution in [2.45, 2.75) is 31.9 Å². The van der Waals surface area contributed by atoms with E-state index in [2.05, 4.69) is 10.3 Å². The Bertz CT molecular complexity index is 765. The van der Waals surface area contributed by atoms with E-state index in [9.17, 15) is 9.59 Å². The third-order valence-corrected chi connectivity index (χ3v) is 3.89. The van der Waals surface area contributed by atoms with Gasteiger partial charge >= 0.3 is 5.97 Å². The molecule has 0 bridgehead atoms. The second kappa shape index (κ2) is 7.75. The first-order valence-corrected chi connectivity index (χ1v) is 8.32. The fraction of sp³-hybridized carbons (Fsp3) is 0.250. The molecule has 3 rings (SSSR count). The zero-order valence-electron chi connectivity index (χ0n) is 14.0. The van der Waals surface area contributed by atoms with Crippen molar-refractivity contribution < 1.29 is 14.3 Å². The fourth-order valence-electron chi connectivity index (χ4n) is 2.30. The van der Waals surface area contributed by atoms with Gasteiger partial charge in [-0.3, -0.25) is 9.78 Å². The minimum absolute atomic E-state index is 0.0541. The third-order valence-electron chi connectivity index (χ3n) is 3.89. The summed E-state index contributed by atoms with van der Waals surface area (Å²) in [6.07, 6.45) is 6.41. The Morgan fingerprint density at radius 1 is 1.20 bits per heavy atom. The summed E-state index contributed by atoms with van der Waals surface area (Å²) in [5.74, 6) is -0.490. The Labute approximate surface area is 146 Å². The van der Waals surface area contributed by atoms with E-state index in [0.29, 0.717) is 17.3 Å². The van der Waals surface area contributed by atoms with E-state index < -0.39 is 12.1 Å². The molecule has 5 heteroatoms. The number of carbonyl (C=O) groups is 2. The minimum atomic E-state index is -0.436. The maximum absolute atomic E-state index is 11.9. The van der Waals surface area contributed by atoms with Crippen molar-refractivity contribution in [3.8, 4) is 0 Å². The van der Waals surface area contributed by atoms with Gasteiger partial charge in [0, 0.05) is 23.9 Å². The van der Waals surface area contributed by atoms with Crippen molar-refractivity contribution in [3.05, 3.63) is 71.6 Å². The lowest BCUT2D eigenvalue weighted by Crippen LogP contribution is -2.25. The molecule has 0 aliphatic heterocycles. The molecule has 0 spiro atoms. The van der Waals surface area contributed by atoms with E-state index in [0.717, 1.165) is 18.4 Å². The van der Waals surface area contributed by atoms with Crippen molar-refractivity contribution in [1.29, 1.82) is 0 Å². The molecule has 1 aliphatic rings. The molecule has 1 aromatic heterocycles. The SMILES string of the molecule is CC(OC(=O)/C=C/c1ccc(C(=O)NC2CC2)cc1)c1ccccn1. The highest BCUT2D eigenvalue weighted by Crippen LogP contribution is 2.19. The van der Waals surface area contributed by atoms with Gasteiger partial charge in [0.1, 0.15) is 6.10 Å². The Kier molecular flexibility index (Phi) is 5.23. The number of carbonyl (C=O) groups excluding carboxylic acids is 2. The number of hydrogen-bond donors (Lipinski definition) is 1. The van der Waals surface area contributed by atoms with Crippen LogP contribution in [-0.2, 0) is 9.53 Å². The summed E-state index contributed by atoms with van der Waals surface area (Å²) in [6, 6.07) is 12.9. The lowest BCUT2D eigenvalue weighted by molar-refractivity contribution is -0.142. The number of hydrogen-bond acceptors (Lipinski definition) is 4. The average Bonchev–Trinajstić information content (AvgIpc) is 3.45. The van der Waals surface area contributed by atoms with Crippen LogP contribution in [0.1, 0.15) is 47.5 Å². The summed E-state index contributed by atoms with van der Waals surface area (Å²) in [7, 11) is 0. The van der Waals surface area contributed by atoms with E-state index >= 15 is 0 Å². The quantitative estimate of drug-likeness (QED) is 0.649. The van der Waals surface area contributed by atoms with Crippen molar-refractivity contribution in [2.75, 3.05) is 0 Å². The topological polar surface area (TPSA) is 68.3 Å². The number of pyridine rings is 1. The molecular weight excluding hydrogens is 316 g/mol. The first-order valence-electron chi connectivity index (χ1n) is 8.32. The predicted octanol–water partition coefficient (Wildman–Crippen LogP) is 3.29. The molecular formula is C20H20N2O3. The van der Waals surface area contributed by atoms with Crippen LogP contribution >= 0.6 is 0 Å². The van der Waals surface area contributed by atoms with Gasteiger partial charge < -0.3 is 10.1 Å². The monoisotopic (exact) mass is 336 g/mol. The first kappa shape index (κ1) is 16.9. The molecule has 1 aliphatic carbocycles.